The molecule has 170 valence electrons. The number of aryl methyl sites for hydroxylation is 1. The fourth-order valence-electron chi connectivity index (χ4n) is 3.18. The summed E-state index contributed by atoms with van der Waals surface area (Å²) in [5.41, 5.74) is 0.980. The van der Waals surface area contributed by atoms with Crippen molar-refractivity contribution in [1.29, 1.82) is 0 Å². The summed E-state index contributed by atoms with van der Waals surface area (Å²) >= 11 is 0. The molecule has 0 fully saturated rings. The van der Waals surface area contributed by atoms with Gasteiger partial charge in [-0.1, -0.05) is 13.3 Å². The third-order valence-electron chi connectivity index (χ3n) is 4.99. The highest BCUT2D eigenvalue weighted by molar-refractivity contribution is 5.86. The highest BCUT2D eigenvalue weighted by Crippen LogP contribution is 2.13. The first-order chi connectivity index (χ1) is 14.9. The lowest BCUT2D eigenvalue weighted by Gasteiger charge is -2.27. The molecule has 0 aromatic carbocycles. The minimum absolute atomic E-state index is 0.0168. The van der Waals surface area contributed by atoms with Crippen LogP contribution in [0.4, 0.5) is 0 Å². The van der Waals surface area contributed by atoms with Crippen molar-refractivity contribution >= 4 is 17.8 Å². The highest BCUT2D eigenvalue weighted by atomic mass is 16.5. The predicted octanol–water partition coefficient (Wildman–Crippen LogP) is 3.12. The summed E-state index contributed by atoms with van der Waals surface area (Å²) in [7, 11) is 1.93. The van der Waals surface area contributed by atoms with E-state index in [2.05, 4.69) is 0 Å². The molecule has 0 saturated heterocycles. The molecule has 0 saturated carbocycles. The fourth-order valence-corrected chi connectivity index (χ4v) is 3.18. The zero-order chi connectivity index (χ0) is 22.6. The maximum atomic E-state index is 13.2. The van der Waals surface area contributed by atoms with Gasteiger partial charge in [-0.15, -0.1) is 0 Å². The molecule has 0 aliphatic carbocycles. The van der Waals surface area contributed by atoms with E-state index in [4.69, 9.17) is 9.15 Å². The van der Waals surface area contributed by atoms with Crippen molar-refractivity contribution in [2.45, 2.75) is 52.6 Å². The van der Waals surface area contributed by atoms with Crippen molar-refractivity contribution in [3.05, 3.63) is 48.2 Å². The summed E-state index contributed by atoms with van der Waals surface area (Å²) in [4.78, 5) is 40.8. The Morgan fingerprint density at radius 1 is 1.03 bits per heavy atom. The van der Waals surface area contributed by atoms with Gasteiger partial charge in [-0.25, -0.2) is 0 Å². The Bertz CT molecular complexity index is 828. The van der Waals surface area contributed by atoms with E-state index in [-0.39, 0.29) is 37.8 Å². The molecule has 2 rings (SSSR count). The highest BCUT2D eigenvalue weighted by Gasteiger charge is 2.23. The van der Waals surface area contributed by atoms with E-state index in [1.807, 2.05) is 42.9 Å². The average molecular weight is 432 g/mol. The summed E-state index contributed by atoms with van der Waals surface area (Å²) in [5.74, 6) is -0.109. The van der Waals surface area contributed by atoms with Crippen LogP contribution in [0.1, 0.15) is 51.0 Å². The van der Waals surface area contributed by atoms with Gasteiger partial charge in [0, 0.05) is 31.9 Å². The number of amides is 2. The molecule has 8 heteroatoms. The summed E-state index contributed by atoms with van der Waals surface area (Å²) < 4.78 is 12.3. The first kappa shape index (κ1) is 24.2. The molecule has 2 aromatic rings. The number of aromatic nitrogens is 1. The lowest BCUT2D eigenvalue weighted by molar-refractivity contribution is -0.146. The lowest BCUT2D eigenvalue weighted by Crippen LogP contribution is -2.43. The SMILES string of the molecule is CCCCN(CC(=O)N(Cc1ccco1)Cc1cccn1C)C(=O)CCC(=O)OCC. The van der Waals surface area contributed by atoms with E-state index in [1.54, 1.807) is 29.1 Å². The first-order valence-electron chi connectivity index (χ1n) is 10.8. The van der Waals surface area contributed by atoms with Crippen LogP contribution in [0.25, 0.3) is 0 Å². The third kappa shape index (κ3) is 7.96. The summed E-state index contributed by atoms with van der Waals surface area (Å²) in [5, 5.41) is 0. The van der Waals surface area contributed by atoms with E-state index in [0.29, 0.717) is 25.4 Å². The molecule has 2 heterocycles. The van der Waals surface area contributed by atoms with Crippen molar-refractivity contribution < 1.29 is 23.5 Å². The van der Waals surface area contributed by atoms with Crippen LogP contribution in [-0.4, -0.2) is 51.8 Å². The second-order valence-electron chi connectivity index (χ2n) is 7.41. The van der Waals surface area contributed by atoms with E-state index in [0.717, 1.165) is 18.5 Å². The van der Waals surface area contributed by atoms with E-state index in [9.17, 15) is 14.4 Å². The molecule has 31 heavy (non-hydrogen) atoms. The maximum Gasteiger partial charge on any atom is 0.306 e. The topological polar surface area (TPSA) is 85.0 Å². The van der Waals surface area contributed by atoms with Gasteiger partial charge >= 0.3 is 5.97 Å². The van der Waals surface area contributed by atoms with Crippen molar-refractivity contribution in [2.24, 2.45) is 7.05 Å². The fraction of sp³-hybridized carbons (Fsp3) is 0.522. The van der Waals surface area contributed by atoms with Crippen molar-refractivity contribution in [3.8, 4) is 0 Å². The molecular formula is C23H33N3O5. The van der Waals surface area contributed by atoms with Crippen LogP contribution in [-0.2, 0) is 39.3 Å². The average Bonchev–Trinajstić information content (AvgIpc) is 3.40. The Balaban J connectivity index is 2.08. The van der Waals surface area contributed by atoms with E-state index < -0.39 is 5.97 Å². The van der Waals surface area contributed by atoms with Crippen molar-refractivity contribution in [1.82, 2.24) is 14.4 Å². The molecule has 2 aromatic heterocycles. The Kier molecular flexibility index (Phi) is 9.87. The zero-order valence-electron chi connectivity index (χ0n) is 18.7. The van der Waals surface area contributed by atoms with Crippen LogP contribution in [0.5, 0.6) is 0 Å². The Morgan fingerprint density at radius 3 is 2.45 bits per heavy atom. The molecule has 8 nitrogen and oxygen atoms in total. The summed E-state index contributed by atoms with van der Waals surface area (Å²) in [6, 6.07) is 7.50. The van der Waals surface area contributed by atoms with Crippen molar-refractivity contribution in [2.75, 3.05) is 19.7 Å². The number of ether oxygens (including phenoxy) is 1. The number of hydrogen-bond donors (Lipinski definition) is 0. The van der Waals surface area contributed by atoms with E-state index in [1.165, 1.54) is 0 Å². The Hall–Kier alpha value is -3.03. The standard InChI is InChI=1S/C23H33N3O5/c1-4-6-14-25(21(27)11-12-23(29)30-5-2)18-22(28)26(17-20-10-8-15-31-20)16-19-9-7-13-24(19)3/h7-10,13,15H,4-6,11-12,14,16-18H2,1-3H3. The molecule has 0 N–H and O–H groups in total. The number of carbonyl (C=O) groups excluding carboxylic acids is 3. The number of carbonyl (C=O) groups is 3. The van der Waals surface area contributed by atoms with Gasteiger partial charge in [0.25, 0.3) is 0 Å². The zero-order valence-corrected chi connectivity index (χ0v) is 18.7. The predicted molar refractivity (Wildman–Crippen MR) is 116 cm³/mol. The lowest BCUT2D eigenvalue weighted by atomic mass is 10.2. The minimum atomic E-state index is -0.402. The molecule has 0 aliphatic heterocycles. The minimum Gasteiger partial charge on any atom is -0.467 e. The van der Waals surface area contributed by atoms with Gasteiger partial charge in [0.1, 0.15) is 5.76 Å². The maximum absolute atomic E-state index is 13.2. The number of furan rings is 1. The third-order valence-corrected chi connectivity index (χ3v) is 4.99. The van der Waals surface area contributed by atoms with Crippen LogP contribution < -0.4 is 0 Å². The van der Waals surface area contributed by atoms with Crippen LogP contribution >= 0.6 is 0 Å². The number of unbranched alkanes of at least 4 members (excludes halogenated alkanes) is 1. The monoisotopic (exact) mass is 431 g/mol. The first-order valence-corrected chi connectivity index (χ1v) is 10.8. The van der Waals surface area contributed by atoms with Gasteiger partial charge in [0.05, 0.1) is 38.9 Å². The number of esters is 1. The van der Waals surface area contributed by atoms with Gasteiger partial charge < -0.3 is 23.5 Å². The molecule has 0 bridgehead atoms. The summed E-state index contributed by atoms with van der Waals surface area (Å²) in [6.45, 7) is 5.20. The Morgan fingerprint density at radius 2 is 1.84 bits per heavy atom. The van der Waals surface area contributed by atoms with Crippen LogP contribution in [0.2, 0.25) is 0 Å². The molecule has 0 atom stereocenters. The second-order valence-corrected chi connectivity index (χ2v) is 7.41. The van der Waals surface area contributed by atoms with Gasteiger partial charge in [-0.2, -0.15) is 0 Å². The Labute approximate surface area is 183 Å². The van der Waals surface area contributed by atoms with E-state index >= 15 is 0 Å². The van der Waals surface area contributed by atoms with Crippen LogP contribution in [0.3, 0.4) is 0 Å². The molecule has 0 spiro atoms. The summed E-state index contributed by atoms with van der Waals surface area (Å²) in [6.07, 6.45) is 5.24. The van der Waals surface area contributed by atoms with Gasteiger partial charge in [0.15, 0.2) is 0 Å². The van der Waals surface area contributed by atoms with Gasteiger partial charge in [-0.3, -0.25) is 14.4 Å². The second kappa shape index (κ2) is 12.6. The number of hydrogen-bond acceptors (Lipinski definition) is 5. The molecular weight excluding hydrogens is 398 g/mol. The molecule has 0 radical (unpaired) electrons. The van der Waals surface area contributed by atoms with Gasteiger partial charge in [0.2, 0.25) is 11.8 Å². The molecule has 2 amide bonds. The quantitative estimate of drug-likeness (QED) is 0.455. The molecule has 0 aliphatic rings. The van der Waals surface area contributed by atoms with Gasteiger partial charge in [-0.05, 0) is 37.6 Å². The molecule has 0 unspecified atom stereocenters. The smallest absolute Gasteiger partial charge is 0.306 e. The van der Waals surface area contributed by atoms with Crippen LogP contribution in [0, 0.1) is 0 Å². The largest absolute Gasteiger partial charge is 0.467 e. The van der Waals surface area contributed by atoms with Crippen LogP contribution in [0.15, 0.2) is 41.1 Å². The van der Waals surface area contributed by atoms with Crippen molar-refractivity contribution in [3.63, 3.8) is 0 Å². The number of rotatable bonds is 13. The normalized spacial score (nSPS) is 10.7. The number of nitrogens with zero attached hydrogens (tertiary/aromatic N) is 3.